The average Bonchev–Trinajstić information content (AvgIpc) is 2.47. The van der Waals surface area contributed by atoms with E-state index in [1.54, 1.807) is 13.2 Å². The second-order valence-electron chi connectivity index (χ2n) is 5.00. The van der Waals surface area contributed by atoms with Crippen molar-refractivity contribution < 1.29 is 14.2 Å². The van der Waals surface area contributed by atoms with Gasteiger partial charge in [-0.15, -0.1) is 0 Å². The van der Waals surface area contributed by atoms with Crippen LogP contribution in [0.3, 0.4) is 0 Å². The Bertz CT molecular complexity index is 433. The van der Waals surface area contributed by atoms with Crippen LogP contribution in [0.25, 0.3) is 0 Å². The van der Waals surface area contributed by atoms with Gasteiger partial charge in [-0.3, -0.25) is 0 Å². The number of hydrogen-bond donors (Lipinski definition) is 1. The third-order valence-corrected chi connectivity index (χ3v) is 3.75. The molecule has 5 heteroatoms. The molecule has 2 rings (SSSR count). The number of ether oxygens (including phenoxy) is 3. The van der Waals surface area contributed by atoms with Gasteiger partial charge in [0.05, 0.1) is 13.7 Å². The molecule has 0 atom stereocenters. The van der Waals surface area contributed by atoms with Gasteiger partial charge in [-0.25, -0.2) is 0 Å². The summed E-state index contributed by atoms with van der Waals surface area (Å²) in [5.74, 6) is 1.98. The Balaban J connectivity index is 2.10. The molecule has 1 aromatic carbocycles. The molecule has 0 aliphatic carbocycles. The molecule has 0 aromatic heterocycles. The zero-order chi connectivity index (χ0) is 14.4. The van der Waals surface area contributed by atoms with Gasteiger partial charge in [0, 0.05) is 29.9 Å². The normalized spacial score (nSPS) is 16.1. The van der Waals surface area contributed by atoms with Gasteiger partial charge >= 0.3 is 0 Å². The van der Waals surface area contributed by atoms with Crippen LogP contribution in [0.1, 0.15) is 18.4 Å². The van der Waals surface area contributed by atoms with E-state index in [1.165, 1.54) is 0 Å². The molecule has 1 aromatic rings. The maximum Gasteiger partial charge on any atom is 0.164 e. The third kappa shape index (κ3) is 4.01. The Morgan fingerprint density at radius 2 is 2.10 bits per heavy atom. The van der Waals surface area contributed by atoms with Gasteiger partial charge in [0.15, 0.2) is 11.5 Å². The SMILES string of the molecule is COc1cc(Cl)cc(CCN)c1OCC1CCOCC1. The lowest BCUT2D eigenvalue weighted by Crippen LogP contribution is -2.22. The highest BCUT2D eigenvalue weighted by Gasteiger charge is 2.18. The third-order valence-electron chi connectivity index (χ3n) is 3.53. The highest BCUT2D eigenvalue weighted by atomic mass is 35.5. The molecule has 1 heterocycles. The molecule has 0 saturated carbocycles. The van der Waals surface area contributed by atoms with Gasteiger partial charge in [-0.05, 0) is 37.8 Å². The summed E-state index contributed by atoms with van der Waals surface area (Å²) >= 11 is 6.09. The minimum atomic E-state index is 0.537. The second kappa shape index (κ2) is 7.72. The Hall–Kier alpha value is -0.970. The van der Waals surface area contributed by atoms with Gasteiger partial charge < -0.3 is 19.9 Å². The number of nitrogens with two attached hydrogens (primary N) is 1. The zero-order valence-electron chi connectivity index (χ0n) is 11.9. The van der Waals surface area contributed by atoms with Gasteiger partial charge in [0.1, 0.15) is 0 Å². The van der Waals surface area contributed by atoms with Crippen molar-refractivity contribution in [1.82, 2.24) is 0 Å². The van der Waals surface area contributed by atoms with E-state index in [9.17, 15) is 0 Å². The lowest BCUT2D eigenvalue weighted by Gasteiger charge is -2.23. The van der Waals surface area contributed by atoms with Crippen LogP contribution in [0.5, 0.6) is 11.5 Å². The smallest absolute Gasteiger partial charge is 0.164 e. The van der Waals surface area contributed by atoms with Crippen LogP contribution in [0, 0.1) is 5.92 Å². The van der Waals surface area contributed by atoms with Crippen LogP contribution in [0.15, 0.2) is 12.1 Å². The predicted octanol–water partition coefficient (Wildman–Crippen LogP) is 2.66. The molecule has 1 saturated heterocycles. The summed E-state index contributed by atoms with van der Waals surface area (Å²) < 4.78 is 16.7. The Morgan fingerprint density at radius 1 is 1.35 bits per heavy atom. The van der Waals surface area contributed by atoms with Crippen LogP contribution in [-0.2, 0) is 11.2 Å². The lowest BCUT2D eigenvalue weighted by atomic mass is 10.0. The zero-order valence-corrected chi connectivity index (χ0v) is 12.6. The second-order valence-corrected chi connectivity index (χ2v) is 5.44. The number of rotatable bonds is 6. The number of halogens is 1. The molecule has 0 unspecified atom stereocenters. The summed E-state index contributed by atoms with van der Waals surface area (Å²) in [4.78, 5) is 0. The molecule has 1 aliphatic heterocycles. The van der Waals surface area contributed by atoms with Gasteiger partial charge in [0.2, 0.25) is 0 Å². The molecule has 1 aliphatic rings. The molecule has 112 valence electrons. The minimum Gasteiger partial charge on any atom is -0.493 e. The van der Waals surface area contributed by atoms with E-state index in [1.807, 2.05) is 6.07 Å². The highest BCUT2D eigenvalue weighted by Crippen LogP contribution is 2.35. The molecule has 0 amide bonds. The average molecular weight is 300 g/mol. The fourth-order valence-corrected chi connectivity index (χ4v) is 2.62. The van der Waals surface area contributed by atoms with Gasteiger partial charge in [-0.2, -0.15) is 0 Å². The first-order valence-electron chi connectivity index (χ1n) is 7.01. The Kier molecular flexibility index (Phi) is 5.95. The standard InChI is InChI=1S/C15H22ClNO3/c1-18-14-9-13(16)8-12(2-5-17)15(14)20-10-11-3-6-19-7-4-11/h8-9,11H,2-7,10,17H2,1H3. The predicted molar refractivity (Wildman–Crippen MR) is 79.8 cm³/mol. The van der Waals surface area contributed by atoms with Crippen molar-refractivity contribution in [1.29, 1.82) is 0 Å². The van der Waals surface area contributed by atoms with Crippen molar-refractivity contribution in [3.8, 4) is 11.5 Å². The summed E-state index contributed by atoms with van der Waals surface area (Å²) in [7, 11) is 1.62. The van der Waals surface area contributed by atoms with E-state index in [-0.39, 0.29) is 0 Å². The summed E-state index contributed by atoms with van der Waals surface area (Å²) in [6.45, 7) is 2.87. The molecule has 20 heavy (non-hydrogen) atoms. The van der Waals surface area contributed by atoms with Crippen LogP contribution >= 0.6 is 11.6 Å². The summed E-state index contributed by atoms with van der Waals surface area (Å²) in [6.07, 6.45) is 2.81. The minimum absolute atomic E-state index is 0.537. The maximum absolute atomic E-state index is 6.09. The van der Waals surface area contributed by atoms with Gasteiger partial charge in [-0.1, -0.05) is 11.6 Å². The molecular weight excluding hydrogens is 278 g/mol. The first kappa shape index (κ1) is 15.4. The van der Waals surface area contributed by atoms with Crippen molar-refractivity contribution in [2.45, 2.75) is 19.3 Å². The first-order valence-corrected chi connectivity index (χ1v) is 7.39. The largest absolute Gasteiger partial charge is 0.493 e. The lowest BCUT2D eigenvalue weighted by molar-refractivity contribution is 0.0492. The van der Waals surface area contributed by atoms with E-state index in [2.05, 4.69) is 0 Å². The van der Waals surface area contributed by atoms with Crippen LogP contribution in [-0.4, -0.2) is 33.5 Å². The molecule has 2 N–H and O–H groups in total. The molecule has 0 bridgehead atoms. The quantitative estimate of drug-likeness (QED) is 0.877. The fraction of sp³-hybridized carbons (Fsp3) is 0.600. The monoisotopic (exact) mass is 299 g/mol. The first-order chi connectivity index (χ1) is 9.74. The Morgan fingerprint density at radius 3 is 2.75 bits per heavy atom. The summed E-state index contributed by atoms with van der Waals surface area (Å²) in [5.41, 5.74) is 6.66. The number of hydrogen-bond acceptors (Lipinski definition) is 4. The van der Waals surface area contributed by atoms with Crippen molar-refractivity contribution in [3.05, 3.63) is 22.7 Å². The van der Waals surface area contributed by atoms with Crippen LogP contribution in [0.2, 0.25) is 5.02 Å². The highest BCUT2D eigenvalue weighted by molar-refractivity contribution is 6.30. The van der Waals surface area contributed by atoms with Crippen molar-refractivity contribution in [3.63, 3.8) is 0 Å². The van der Waals surface area contributed by atoms with Crippen LogP contribution in [0.4, 0.5) is 0 Å². The number of methoxy groups -OCH3 is 1. The summed E-state index contributed by atoms with van der Waals surface area (Å²) in [5, 5.41) is 0.642. The van der Waals surface area contributed by atoms with Crippen molar-refractivity contribution in [2.24, 2.45) is 11.7 Å². The molecule has 4 nitrogen and oxygen atoms in total. The van der Waals surface area contributed by atoms with E-state index in [4.69, 9.17) is 31.5 Å². The van der Waals surface area contributed by atoms with E-state index in [0.717, 1.165) is 43.8 Å². The van der Waals surface area contributed by atoms with E-state index in [0.29, 0.717) is 29.8 Å². The molecule has 0 spiro atoms. The number of benzene rings is 1. The topological polar surface area (TPSA) is 53.7 Å². The summed E-state index contributed by atoms with van der Waals surface area (Å²) in [6, 6.07) is 3.68. The van der Waals surface area contributed by atoms with E-state index < -0.39 is 0 Å². The fourth-order valence-electron chi connectivity index (χ4n) is 2.39. The van der Waals surface area contributed by atoms with E-state index >= 15 is 0 Å². The van der Waals surface area contributed by atoms with Crippen LogP contribution < -0.4 is 15.2 Å². The van der Waals surface area contributed by atoms with Gasteiger partial charge in [0.25, 0.3) is 0 Å². The van der Waals surface area contributed by atoms with Crippen molar-refractivity contribution >= 4 is 11.6 Å². The van der Waals surface area contributed by atoms with Crippen molar-refractivity contribution in [2.75, 3.05) is 33.5 Å². The molecule has 0 radical (unpaired) electrons. The Labute approximate surface area is 125 Å². The molecule has 1 fully saturated rings. The molecular formula is C15H22ClNO3. The maximum atomic E-state index is 6.09.